The Morgan fingerprint density at radius 1 is 1.29 bits per heavy atom. The number of aliphatic hydroxyl groups is 1. The van der Waals surface area contributed by atoms with Crippen LogP contribution in [0.15, 0.2) is 36.7 Å². The number of aryl methyl sites for hydroxylation is 1. The lowest BCUT2D eigenvalue weighted by Gasteiger charge is -2.18. The highest BCUT2D eigenvalue weighted by molar-refractivity contribution is 7.19. The van der Waals surface area contributed by atoms with Crippen molar-refractivity contribution in [2.75, 3.05) is 11.9 Å². The van der Waals surface area contributed by atoms with Crippen LogP contribution in [0.3, 0.4) is 0 Å². The van der Waals surface area contributed by atoms with Crippen molar-refractivity contribution in [1.82, 2.24) is 9.97 Å². The average molecular weight is 339 g/mol. The molecule has 4 rings (SSSR count). The van der Waals surface area contributed by atoms with Crippen molar-refractivity contribution >= 4 is 27.4 Å². The Kier molecular flexibility index (Phi) is 4.21. The minimum absolute atomic E-state index is 0.442. The molecule has 124 valence electrons. The standard InChI is InChI=1S/C19H21N3OS/c1-12-7-8-14-16(9-12)24-19-17(14)18(21-11-22-19)20-10-15(23)13-5-3-2-4-6-13/h2-6,11-12,15,23H,7-10H2,1H3,(H,20,21,22). The third kappa shape index (κ3) is 2.89. The molecule has 2 N–H and O–H groups in total. The molecule has 2 heterocycles. The highest BCUT2D eigenvalue weighted by Crippen LogP contribution is 2.39. The molecule has 0 radical (unpaired) electrons. The molecule has 0 saturated heterocycles. The van der Waals surface area contributed by atoms with E-state index < -0.39 is 6.10 Å². The van der Waals surface area contributed by atoms with Gasteiger partial charge >= 0.3 is 0 Å². The SMILES string of the molecule is CC1CCc2c(sc3ncnc(NCC(O)c4ccccc4)c23)C1. The summed E-state index contributed by atoms with van der Waals surface area (Å²) in [5.41, 5.74) is 2.32. The van der Waals surface area contributed by atoms with Crippen molar-refractivity contribution in [3.8, 4) is 0 Å². The lowest BCUT2D eigenvalue weighted by atomic mass is 9.89. The lowest BCUT2D eigenvalue weighted by molar-refractivity contribution is 0.191. The van der Waals surface area contributed by atoms with Crippen molar-refractivity contribution in [2.45, 2.75) is 32.3 Å². The summed E-state index contributed by atoms with van der Waals surface area (Å²) >= 11 is 1.79. The topological polar surface area (TPSA) is 58.0 Å². The fraction of sp³-hybridized carbons (Fsp3) is 0.368. The zero-order valence-electron chi connectivity index (χ0n) is 13.7. The van der Waals surface area contributed by atoms with Gasteiger partial charge in [0.25, 0.3) is 0 Å². The maximum Gasteiger partial charge on any atom is 0.138 e. The van der Waals surface area contributed by atoms with Gasteiger partial charge in [0, 0.05) is 11.4 Å². The first kappa shape index (κ1) is 15.5. The van der Waals surface area contributed by atoms with Gasteiger partial charge in [0.05, 0.1) is 11.5 Å². The van der Waals surface area contributed by atoms with Gasteiger partial charge in [0.1, 0.15) is 17.0 Å². The van der Waals surface area contributed by atoms with Crippen molar-refractivity contribution in [3.05, 3.63) is 52.7 Å². The second-order valence-electron chi connectivity index (χ2n) is 6.56. The number of fused-ring (bicyclic) bond motifs is 3. The summed E-state index contributed by atoms with van der Waals surface area (Å²) in [4.78, 5) is 11.4. The minimum atomic E-state index is -0.550. The van der Waals surface area contributed by atoms with Crippen LogP contribution in [0, 0.1) is 5.92 Å². The number of nitrogens with zero attached hydrogens (tertiary/aromatic N) is 2. The summed E-state index contributed by atoms with van der Waals surface area (Å²) in [6, 6.07) is 9.72. The van der Waals surface area contributed by atoms with Crippen LogP contribution in [0.5, 0.6) is 0 Å². The quantitative estimate of drug-likeness (QED) is 0.755. The first-order valence-electron chi connectivity index (χ1n) is 8.44. The number of rotatable bonds is 4. The Morgan fingerprint density at radius 3 is 2.96 bits per heavy atom. The van der Waals surface area contributed by atoms with Crippen molar-refractivity contribution in [1.29, 1.82) is 0 Å². The van der Waals surface area contributed by atoms with Gasteiger partial charge in [-0.1, -0.05) is 37.3 Å². The van der Waals surface area contributed by atoms with Gasteiger partial charge in [0.15, 0.2) is 0 Å². The molecule has 3 aromatic rings. The number of aromatic nitrogens is 2. The third-order valence-electron chi connectivity index (χ3n) is 4.74. The number of hydrogen-bond donors (Lipinski definition) is 2. The molecular formula is C19H21N3OS. The molecule has 24 heavy (non-hydrogen) atoms. The highest BCUT2D eigenvalue weighted by Gasteiger charge is 2.23. The Balaban J connectivity index is 1.60. The molecule has 5 heteroatoms. The molecular weight excluding hydrogens is 318 g/mol. The molecule has 0 bridgehead atoms. The van der Waals surface area contributed by atoms with Crippen LogP contribution in [-0.2, 0) is 12.8 Å². The van der Waals surface area contributed by atoms with Crippen LogP contribution >= 0.6 is 11.3 Å². The smallest absolute Gasteiger partial charge is 0.138 e. The van der Waals surface area contributed by atoms with Crippen molar-refractivity contribution in [2.24, 2.45) is 5.92 Å². The van der Waals surface area contributed by atoms with Gasteiger partial charge in [-0.05, 0) is 36.3 Å². The number of aliphatic hydroxyl groups excluding tert-OH is 1. The monoisotopic (exact) mass is 339 g/mol. The van der Waals surface area contributed by atoms with Crippen LogP contribution in [0.4, 0.5) is 5.82 Å². The molecule has 2 atom stereocenters. The summed E-state index contributed by atoms with van der Waals surface area (Å²) < 4.78 is 0. The van der Waals surface area contributed by atoms with E-state index >= 15 is 0 Å². The number of anilines is 1. The van der Waals surface area contributed by atoms with Crippen LogP contribution in [0.1, 0.15) is 35.5 Å². The molecule has 0 fully saturated rings. The van der Waals surface area contributed by atoms with Gasteiger partial charge in [-0.2, -0.15) is 0 Å². The van der Waals surface area contributed by atoms with Gasteiger partial charge < -0.3 is 10.4 Å². The van der Waals surface area contributed by atoms with E-state index in [2.05, 4.69) is 22.2 Å². The average Bonchev–Trinajstić information content (AvgIpc) is 2.98. The molecule has 4 nitrogen and oxygen atoms in total. The summed E-state index contributed by atoms with van der Waals surface area (Å²) in [6.07, 6.45) is 4.53. The van der Waals surface area contributed by atoms with Crippen molar-refractivity contribution in [3.63, 3.8) is 0 Å². The second-order valence-corrected chi connectivity index (χ2v) is 7.65. The summed E-state index contributed by atoms with van der Waals surface area (Å²) in [6.45, 7) is 2.76. The van der Waals surface area contributed by atoms with Gasteiger partial charge in [-0.25, -0.2) is 9.97 Å². The molecule has 0 amide bonds. The van der Waals surface area contributed by atoms with Crippen LogP contribution in [0.25, 0.3) is 10.2 Å². The first-order chi connectivity index (χ1) is 11.7. The van der Waals surface area contributed by atoms with E-state index in [0.29, 0.717) is 6.54 Å². The second kappa shape index (κ2) is 6.49. The molecule has 1 aromatic carbocycles. The van der Waals surface area contributed by atoms with E-state index in [1.54, 1.807) is 17.7 Å². The molecule has 0 saturated carbocycles. The predicted octanol–water partition coefficient (Wildman–Crippen LogP) is 3.96. The number of nitrogens with one attached hydrogen (secondary N) is 1. The van der Waals surface area contributed by atoms with Crippen molar-refractivity contribution < 1.29 is 5.11 Å². The molecule has 1 aliphatic rings. The van der Waals surface area contributed by atoms with E-state index in [9.17, 15) is 5.11 Å². The number of thiophene rings is 1. The Morgan fingerprint density at radius 2 is 2.12 bits per heavy atom. The largest absolute Gasteiger partial charge is 0.387 e. The lowest BCUT2D eigenvalue weighted by Crippen LogP contribution is -2.14. The fourth-order valence-electron chi connectivity index (χ4n) is 3.40. The summed E-state index contributed by atoms with van der Waals surface area (Å²) in [7, 11) is 0. The van der Waals surface area contributed by atoms with E-state index in [4.69, 9.17) is 0 Å². The summed E-state index contributed by atoms with van der Waals surface area (Å²) in [5, 5.41) is 14.9. The normalized spacial score (nSPS) is 18.3. The van der Waals surface area contributed by atoms with E-state index in [0.717, 1.165) is 40.4 Å². The zero-order chi connectivity index (χ0) is 16.5. The zero-order valence-corrected chi connectivity index (χ0v) is 14.5. The van der Waals surface area contributed by atoms with E-state index in [1.165, 1.54) is 16.9 Å². The molecule has 1 aliphatic carbocycles. The first-order valence-corrected chi connectivity index (χ1v) is 9.26. The number of hydrogen-bond acceptors (Lipinski definition) is 5. The Labute approximate surface area is 145 Å². The van der Waals surface area contributed by atoms with Crippen LogP contribution in [-0.4, -0.2) is 21.6 Å². The van der Waals surface area contributed by atoms with Gasteiger partial charge in [0.2, 0.25) is 0 Å². The maximum atomic E-state index is 10.4. The highest BCUT2D eigenvalue weighted by atomic mass is 32.1. The Bertz CT molecular complexity index is 846. The summed E-state index contributed by atoms with van der Waals surface area (Å²) in [5.74, 6) is 1.59. The fourth-order valence-corrected chi connectivity index (χ4v) is 4.75. The van der Waals surface area contributed by atoms with E-state index in [-0.39, 0.29) is 0 Å². The molecule has 0 spiro atoms. The van der Waals surface area contributed by atoms with E-state index in [1.807, 2.05) is 30.3 Å². The maximum absolute atomic E-state index is 10.4. The predicted molar refractivity (Wildman–Crippen MR) is 98.5 cm³/mol. The van der Waals surface area contributed by atoms with Gasteiger partial charge in [-0.3, -0.25) is 0 Å². The third-order valence-corrected chi connectivity index (χ3v) is 5.90. The number of benzene rings is 1. The van der Waals surface area contributed by atoms with Crippen LogP contribution in [0.2, 0.25) is 0 Å². The molecule has 2 aromatic heterocycles. The Hall–Kier alpha value is -1.98. The van der Waals surface area contributed by atoms with Crippen LogP contribution < -0.4 is 5.32 Å². The molecule has 2 unspecified atom stereocenters. The van der Waals surface area contributed by atoms with Gasteiger partial charge in [-0.15, -0.1) is 11.3 Å². The molecule has 0 aliphatic heterocycles. The minimum Gasteiger partial charge on any atom is -0.387 e.